The fourth-order valence-corrected chi connectivity index (χ4v) is 2.68. The van der Waals surface area contributed by atoms with Crippen molar-refractivity contribution in [3.8, 4) is 23.0 Å². The van der Waals surface area contributed by atoms with Gasteiger partial charge in [0.15, 0.2) is 23.0 Å². The number of ether oxygens (including phenoxy) is 4. The number of rotatable bonds is 11. The zero-order valence-corrected chi connectivity index (χ0v) is 17.6. The molecule has 1 amide bonds. The molecular weight excluding hydrogens is 408 g/mol. The van der Waals surface area contributed by atoms with E-state index in [4.69, 9.17) is 30.5 Å². The van der Waals surface area contributed by atoms with Gasteiger partial charge in [0, 0.05) is 5.56 Å². The first-order valence-corrected chi connectivity index (χ1v) is 9.28. The van der Waals surface area contributed by atoms with Crippen molar-refractivity contribution in [2.24, 2.45) is 5.10 Å². The number of halogens is 1. The molecule has 158 valence electrons. The number of nitrogens with one attached hydrogen (secondary N) is 1. The third-order valence-electron chi connectivity index (χ3n) is 3.76. The summed E-state index contributed by atoms with van der Waals surface area (Å²) < 4.78 is 21.5. The van der Waals surface area contributed by atoms with E-state index in [0.29, 0.717) is 52.4 Å². The van der Waals surface area contributed by atoms with E-state index in [0.717, 1.165) is 0 Å². The number of nitrogens with zero attached hydrogens (tertiary/aromatic N) is 1. The highest BCUT2D eigenvalue weighted by Gasteiger charge is 2.12. The first-order valence-electron chi connectivity index (χ1n) is 8.90. The number of carbonyl (C=O) groups excluding carboxylic acids is 1. The maximum Gasteiger partial charge on any atom is 0.271 e. The van der Waals surface area contributed by atoms with E-state index in [1.807, 2.05) is 0 Å². The van der Waals surface area contributed by atoms with E-state index in [1.165, 1.54) is 20.4 Å². The Morgan fingerprint density at radius 3 is 2.40 bits per heavy atom. The second kappa shape index (κ2) is 11.5. The van der Waals surface area contributed by atoms with Crippen LogP contribution in [0.1, 0.15) is 15.9 Å². The number of benzene rings is 2. The van der Waals surface area contributed by atoms with Gasteiger partial charge in [-0.25, -0.2) is 5.43 Å². The van der Waals surface area contributed by atoms with Crippen molar-refractivity contribution in [2.45, 2.75) is 0 Å². The molecule has 7 nitrogen and oxygen atoms in total. The third kappa shape index (κ3) is 6.02. The first-order chi connectivity index (χ1) is 14.5. The zero-order chi connectivity index (χ0) is 21.9. The largest absolute Gasteiger partial charge is 0.493 e. The van der Waals surface area contributed by atoms with Crippen LogP contribution in [0.25, 0.3) is 0 Å². The molecule has 0 fully saturated rings. The topological polar surface area (TPSA) is 78.4 Å². The lowest BCUT2D eigenvalue weighted by molar-refractivity contribution is 0.0954. The van der Waals surface area contributed by atoms with Gasteiger partial charge in [0.2, 0.25) is 0 Å². The fourth-order valence-electron chi connectivity index (χ4n) is 2.40. The van der Waals surface area contributed by atoms with Crippen molar-refractivity contribution < 1.29 is 23.7 Å². The molecule has 0 aliphatic rings. The van der Waals surface area contributed by atoms with E-state index in [9.17, 15) is 4.79 Å². The van der Waals surface area contributed by atoms with Gasteiger partial charge in [-0.2, -0.15) is 5.10 Å². The van der Waals surface area contributed by atoms with Gasteiger partial charge in [-0.15, -0.1) is 0 Å². The number of hydrogen-bond donors (Lipinski definition) is 1. The highest BCUT2D eigenvalue weighted by atomic mass is 35.5. The summed E-state index contributed by atoms with van der Waals surface area (Å²) in [6.45, 7) is 7.82. The minimum Gasteiger partial charge on any atom is -0.493 e. The molecule has 2 aromatic carbocycles. The molecule has 30 heavy (non-hydrogen) atoms. The average Bonchev–Trinajstić information content (AvgIpc) is 2.76. The van der Waals surface area contributed by atoms with Crippen molar-refractivity contribution in [3.05, 3.63) is 71.8 Å². The van der Waals surface area contributed by atoms with Crippen LogP contribution in [0.15, 0.2) is 60.7 Å². The second-order valence-corrected chi connectivity index (χ2v) is 6.21. The van der Waals surface area contributed by atoms with E-state index in [-0.39, 0.29) is 0 Å². The van der Waals surface area contributed by atoms with Gasteiger partial charge in [0.25, 0.3) is 5.91 Å². The van der Waals surface area contributed by atoms with Crippen LogP contribution in [0.5, 0.6) is 23.0 Å². The lowest BCUT2D eigenvalue weighted by atomic mass is 10.2. The van der Waals surface area contributed by atoms with Crippen molar-refractivity contribution in [1.82, 2.24) is 5.43 Å². The van der Waals surface area contributed by atoms with Gasteiger partial charge >= 0.3 is 0 Å². The number of hydrogen-bond acceptors (Lipinski definition) is 6. The van der Waals surface area contributed by atoms with E-state index >= 15 is 0 Å². The Bertz CT molecular complexity index is 943. The molecule has 8 heteroatoms. The van der Waals surface area contributed by atoms with Gasteiger partial charge in [-0.05, 0) is 35.9 Å². The highest BCUT2D eigenvalue weighted by Crippen LogP contribution is 2.36. The minimum absolute atomic E-state index is 0.292. The standard InChI is InChI=1S/C22H23ClN2O5/c1-5-9-29-18-8-7-16(13-19(18)27-3)22(26)25-24-14-15-11-17(23)21(30-10-6-2)20(12-15)28-4/h5-8,11-14H,1-2,9-10H2,3-4H3,(H,25,26)/b24-14+. The zero-order valence-electron chi connectivity index (χ0n) is 16.8. The molecule has 0 spiro atoms. The highest BCUT2D eigenvalue weighted by molar-refractivity contribution is 6.32. The molecule has 2 rings (SSSR count). The van der Waals surface area contributed by atoms with Gasteiger partial charge < -0.3 is 18.9 Å². The molecule has 0 aromatic heterocycles. The summed E-state index contributed by atoms with van der Waals surface area (Å²) in [6, 6.07) is 8.15. The summed E-state index contributed by atoms with van der Waals surface area (Å²) >= 11 is 6.25. The van der Waals surface area contributed by atoms with Crippen LogP contribution in [0.2, 0.25) is 5.02 Å². The van der Waals surface area contributed by atoms with Crippen LogP contribution in [0.4, 0.5) is 0 Å². The van der Waals surface area contributed by atoms with E-state index < -0.39 is 5.91 Å². The molecule has 0 saturated carbocycles. The predicted molar refractivity (Wildman–Crippen MR) is 117 cm³/mol. The van der Waals surface area contributed by atoms with E-state index in [2.05, 4.69) is 23.7 Å². The Morgan fingerprint density at radius 1 is 1.03 bits per heavy atom. The van der Waals surface area contributed by atoms with E-state index in [1.54, 1.807) is 42.5 Å². The lowest BCUT2D eigenvalue weighted by Gasteiger charge is -2.12. The predicted octanol–water partition coefficient (Wildman–Crippen LogP) is 4.25. The SMILES string of the molecule is C=CCOc1ccc(C(=O)N/N=C/c2cc(Cl)c(OCC=C)c(OC)c2)cc1OC. The summed E-state index contributed by atoms with van der Waals surface area (Å²) in [7, 11) is 3.00. The monoisotopic (exact) mass is 430 g/mol. The van der Waals surface area contributed by atoms with Gasteiger partial charge in [0.05, 0.1) is 25.5 Å². The summed E-state index contributed by atoms with van der Waals surface area (Å²) in [5.74, 6) is 1.38. The smallest absolute Gasteiger partial charge is 0.271 e. The number of carbonyl (C=O) groups is 1. The molecule has 2 aromatic rings. The lowest BCUT2D eigenvalue weighted by Crippen LogP contribution is -2.17. The maximum atomic E-state index is 12.4. The second-order valence-electron chi connectivity index (χ2n) is 5.80. The van der Waals surface area contributed by atoms with Gasteiger partial charge in [0.1, 0.15) is 13.2 Å². The van der Waals surface area contributed by atoms with Crippen molar-refractivity contribution in [2.75, 3.05) is 27.4 Å². The Labute approximate surface area is 180 Å². The summed E-state index contributed by atoms with van der Waals surface area (Å²) in [5, 5.41) is 4.32. The Hall–Kier alpha value is -3.45. The molecule has 0 heterocycles. The Morgan fingerprint density at radius 2 is 1.73 bits per heavy atom. The van der Waals surface area contributed by atoms with Crippen LogP contribution < -0.4 is 24.4 Å². The molecule has 0 saturated heterocycles. The normalized spacial score (nSPS) is 10.4. The molecule has 0 radical (unpaired) electrons. The van der Waals surface area contributed by atoms with Crippen molar-refractivity contribution in [1.29, 1.82) is 0 Å². The van der Waals surface area contributed by atoms with Crippen molar-refractivity contribution in [3.63, 3.8) is 0 Å². The molecule has 1 N–H and O–H groups in total. The summed E-state index contributed by atoms with van der Waals surface area (Å²) in [4.78, 5) is 12.4. The summed E-state index contributed by atoms with van der Waals surface area (Å²) in [6.07, 6.45) is 4.67. The third-order valence-corrected chi connectivity index (χ3v) is 4.04. The van der Waals surface area contributed by atoms with Crippen molar-refractivity contribution >= 4 is 23.7 Å². The van der Waals surface area contributed by atoms with Crippen LogP contribution in [-0.4, -0.2) is 39.6 Å². The molecule has 0 bridgehead atoms. The molecule has 0 unspecified atom stereocenters. The fraction of sp³-hybridized carbons (Fsp3) is 0.182. The quantitative estimate of drug-likeness (QED) is 0.327. The Balaban J connectivity index is 2.11. The first kappa shape index (κ1) is 22.8. The number of methoxy groups -OCH3 is 2. The Kier molecular flexibility index (Phi) is 8.77. The molecular formula is C22H23ClN2O5. The van der Waals surface area contributed by atoms with Crippen LogP contribution >= 0.6 is 11.6 Å². The molecule has 0 aliphatic heterocycles. The minimum atomic E-state index is -0.413. The molecule has 0 aliphatic carbocycles. The molecule has 0 atom stereocenters. The van der Waals surface area contributed by atoms with Gasteiger partial charge in [-0.3, -0.25) is 4.79 Å². The number of amides is 1. The van der Waals surface area contributed by atoms with Crippen LogP contribution in [0.3, 0.4) is 0 Å². The average molecular weight is 431 g/mol. The van der Waals surface area contributed by atoms with Crippen LogP contribution in [-0.2, 0) is 0 Å². The van der Waals surface area contributed by atoms with Crippen LogP contribution in [0, 0.1) is 0 Å². The maximum absolute atomic E-state index is 12.4. The summed E-state index contributed by atoms with van der Waals surface area (Å²) in [5.41, 5.74) is 3.44. The van der Waals surface area contributed by atoms with Gasteiger partial charge in [-0.1, -0.05) is 36.9 Å². The number of hydrazone groups is 1.